The van der Waals surface area contributed by atoms with Gasteiger partial charge in [0.05, 0.1) is 11.8 Å². The van der Waals surface area contributed by atoms with Crippen LogP contribution in [-0.2, 0) is 21.4 Å². The van der Waals surface area contributed by atoms with E-state index in [1.165, 1.54) is 6.20 Å². The molecule has 1 heterocycles. The number of benzene rings is 1. The van der Waals surface area contributed by atoms with Crippen LogP contribution in [0.25, 0.3) is 10.9 Å². The fourth-order valence-corrected chi connectivity index (χ4v) is 2.32. The predicted octanol–water partition coefficient (Wildman–Crippen LogP) is 1.17. The molecular formula is C12H11ClN2O4S. The number of aromatic amines is 1. The van der Waals surface area contributed by atoms with Crippen molar-refractivity contribution in [1.82, 2.24) is 9.71 Å². The molecule has 2 N–H and O–H groups in total. The summed E-state index contributed by atoms with van der Waals surface area (Å²) in [5.41, 5.74) is 1.49. The highest BCUT2D eigenvalue weighted by molar-refractivity contribution is 7.88. The standard InChI is InChI=1S/C12H11ClN2O4S/c1-20(18,19)15-5-7-2-3-10-8(4-7)9(6-14-10)11(16)12(13)17/h2-4,6,14-15H,5H2,1H3. The molecule has 2 aromatic rings. The molecule has 0 unspecified atom stereocenters. The molecule has 1 aromatic carbocycles. The molecule has 0 radical (unpaired) electrons. The molecule has 20 heavy (non-hydrogen) atoms. The summed E-state index contributed by atoms with van der Waals surface area (Å²) in [5, 5.41) is -0.539. The molecule has 0 amide bonds. The highest BCUT2D eigenvalue weighted by atomic mass is 35.5. The van der Waals surface area contributed by atoms with Gasteiger partial charge in [0, 0.05) is 23.6 Å². The van der Waals surface area contributed by atoms with Crippen LogP contribution >= 0.6 is 11.6 Å². The molecule has 1 aromatic heterocycles. The van der Waals surface area contributed by atoms with Crippen LogP contribution in [0.2, 0.25) is 0 Å². The van der Waals surface area contributed by atoms with Crippen molar-refractivity contribution in [3.05, 3.63) is 35.5 Å². The summed E-state index contributed by atoms with van der Waals surface area (Å²) in [7, 11) is -3.30. The first kappa shape index (κ1) is 14.7. The average Bonchev–Trinajstić information content (AvgIpc) is 2.77. The lowest BCUT2D eigenvalue weighted by atomic mass is 10.1. The zero-order valence-electron chi connectivity index (χ0n) is 10.4. The Morgan fingerprint density at radius 3 is 2.65 bits per heavy atom. The molecule has 0 aliphatic heterocycles. The van der Waals surface area contributed by atoms with Crippen LogP contribution in [0.15, 0.2) is 24.4 Å². The molecule has 0 saturated heterocycles. The Morgan fingerprint density at radius 2 is 2.05 bits per heavy atom. The van der Waals surface area contributed by atoms with Gasteiger partial charge in [-0.1, -0.05) is 6.07 Å². The number of rotatable bonds is 5. The third kappa shape index (κ3) is 3.24. The molecule has 0 aliphatic carbocycles. The zero-order chi connectivity index (χ0) is 14.9. The molecule has 0 spiro atoms. The number of H-pyrrole nitrogens is 1. The van der Waals surface area contributed by atoms with Crippen molar-refractivity contribution in [2.45, 2.75) is 6.54 Å². The summed E-state index contributed by atoms with van der Waals surface area (Å²) in [6.45, 7) is 0.0996. The van der Waals surface area contributed by atoms with Gasteiger partial charge in [0.2, 0.25) is 15.8 Å². The molecular weight excluding hydrogens is 304 g/mol. The van der Waals surface area contributed by atoms with E-state index in [9.17, 15) is 18.0 Å². The number of sulfonamides is 1. The van der Waals surface area contributed by atoms with Gasteiger partial charge in [-0.2, -0.15) is 0 Å². The number of ketones is 1. The molecule has 106 valence electrons. The molecule has 0 bridgehead atoms. The summed E-state index contributed by atoms with van der Waals surface area (Å²) < 4.78 is 24.4. The summed E-state index contributed by atoms with van der Waals surface area (Å²) in [5.74, 6) is -0.800. The first-order chi connectivity index (χ1) is 9.28. The Balaban J connectivity index is 2.39. The van der Waals surface area contributed by atoms with E-state index in [2.05, 4.69) is 9.71 Å². The molecule has 0 atom stereocenters. The highest BCUT2D eigenvalue weighted by Crippen LogP contribution is 2.21. The van der Waals surface area contributed by atoms with Gasteiger partial charge in [0.25, 0.3) is 5.24 Å². The monoisotopic (exact) mass is 314 g/mol. The van der Waals surface area contributed by atoms with Crippen molar-refractivity contribution in [3.8, 4) is 0 Å². The maximum atomic E-state index is 11.6. The second kappa shape index (κ2) is 5.35. The van der Waals surface area contributed by atoms with E-state index in [4.69, 9.17) is 11.6 Å². The predicted molar refractivity (Wildman–Crippen MR) is 75.2 cm³/mol. The number of hydrogen-bond donors (Lipinski definition) is 2. The van der Waals surface area contributed by atoms with Gasteiger partial charge < -0.3 is 4.98 Å². The van der Waals surface area contributed by atoms with Gasteiger partial charge in [-0.25, -0.2) is 13.1 Å². The third-order valence-corrected chi connectivity index (χ3v) is 3.55. The Bertz CT molecular complexity index is 795. The van der Waals surface area contributed by atoms with Crippen molar-refractivity contribution < 1.29 is 18.0 Å². The van der Waals surface area contributed by atoms with E-state index in [0.29, 0.717) is 16.5 Å². The van der Waals surface area contributed by atoms with Crippen molar-refractivity contribution in [2.24, 2.45) is 0 Å². The molecule has 0 saturated carbocycles. The number of aromatic nitrogens is 1. The van der Waals surface area contributed by atoms with Gasteiger partial charge in [-0.05, 0) is 29.3 Å². The maximum absolute atomic E-state index is 11.6. The number of carbonyl (C=O) groups excluding carboxylic acids is 2. The first-order valence-corrected chi connectivity index (χ1v) is 7.83. The smallest absolute Gasteiger partial charge is 0.293 e. The van der Waals surface area contributed by atoms with Crippen LogP contribution in [0.4, 0.5) is 0 Å². The number of nitrogens with one attached hydrogen (secondary N) is 2. The second-order valence-electron chi connectivity index (χ2n) is 4.28. The lowest BCUT2D eigenvalue weighted by Gasteiger charge is -2.03. The van der Waals surface area contributed by atoms with Crippen LogP contribution in [0.5, 0.6) is 0 Å². The minimum atomic E-state index is -3.30. The minimum Gasteiger partial charge on any atom is -0.360 e. The fourth-order valence-electron chi connectivity index (χ4n) is 1.79. The maximum Gasteiger partial charge on any atom is 0.293 e. The van der Waals surface area contributed by atoms with Crippen molar-refractivity contribution >= 4 is 43.6 Å². The SMILES string of the molecule is CS(=O)(=O)NCc1ccc2[nH]cc(C(=O)C(=O)Cl)c2c1. The summed E-state index contributed by atoms with van der Waals surface area (Å²) in [6.07, 6.45) is 2.46. The average molecular weight is 315 g/mol. The lowest BCUT2D eigenvalue weighted by molar-refractivity contribution is -0.108. The van der Waals surface area contributed by atoms with Gasteiger partial charge in [0.1, 0.15) is 0 Å². The summed E-state index contributed by atoms with van der Waals surface area (Å²) >= 11 is 5.19. The van der Waals surface area contributed by atoms with Gasteiger partial charge >= 0.3 is 0 Å². The Hall–Kier alpha value is -1.70. The normalized spacial score (nSPS) is 11.7. The molecule has 0 fully saturated rings. The van der Waals surface area contributed by atoms with Crippen LogP contribution < -0.4 is 4.72 Å². The van der Waals surface area contributed by atoms with E-state index in [0.717, 1.165) is 6.26 Å². The number of fused-ring (bicyclic) bond motifs is 1. The fraction of sp³-hybridized carbons (Fsp3) is 0.167. The Labute approximate surface area is 120 Å². The number of Topliss-reactive ketones (excluding diaryl/α,β-unsaturated/α-hetero) is 1. The second-order valence-corrected chi connectivity index (χ2v) is 6.45. The van der Waals surface area contributed by atoms with Crippen molar-refractivity contribution in [3.63, 3.8) is 0 Å². The number of hydrogen-bond acceptors (Lipinski definition) is 4. The summed E-state index contributed by atoms with van der Waals surface area (Å²) in [6, 6.07) is 5.05. The molecule has 0 aliphatic rings. The molecule has 2 rings (SSSR count). The molecule has 6 nitrogen and oxygen atoms in total. The minimum absolute atomic E-state index is 0.0996. The highest BCUT2D eigenvalue weighted by Gasteiger charge is 2.18. The van der Waals surface area contributed by atoms with Gasteiger partial charge in [-0.15, -0.1) is 0 Å². The first-order valence-electron chi connectivity index (χ1n) is 5.57. The quantitative estimate of drug-likeness (QED) is 0.492. The van der Waals surface area contributed by atoms with E-state index in [1.54, 1.807) is 18.2 Å². The van der Waals surface area contributed by atoms with Crippen LogP contribution in [0, 0.1) is 0 Å². The van der Waals surface area contributed by atoms with Crippen LogP contribution in [0.3, 0.4) is 0 Å². The van der Waals surface area contributed by atoms with E-state index in [1.807, 2.05) is 0 Å². The molecule has 8 heteroatoms. The van der Waals surface area contributed by atoms with Crippen LogP contribution in [-0.4, -0.2) is 30.7 Å². The van der Waals surface area contributed by atoms with E-state index in [-0.39, 0.29) is 12.1 Å². The number of carbonyl (C=O) groups is 2. The van der Waals surface area contributed by atoms with Gasteiger partial charge in [-0.3, -0.25) is 9.59 Å². The van der Waals surface area contributed by atoms with Crippen LogP contribution in [0.1, 0.15) is 15.9 Å². The lowest BCUT2D eigenvalue weighted by Crippen LogP contribution is -2.21. The van der Waals surface area contributed by atoms with Crippen molar-refractivity contribution in [1.29, 1.82) is 0 Å². The van der Waals surface area contributed by atoms with E-state index >= 15 is 0 Å². The Morgan fingerprint density at radius 1 is 1.35 bits per heavy atom. The van der Waals surface area contributed by atoms with Gasteiger partial charge in [0.15, 0.2) is 0 Å². The zero-order valence-corrected chi connectivity index (χ0v) is 12.0. The largest absolute Gasteiger partial charge is 0.360 e. The number of halogens is 1. The third-order valence-electron chi connectivity index (χ3n) is 2.71. The summed E-state index contributed by atoms with van der Waals surface area (Å²) in [4.78, 5) is 25.4. The topological polar surface area (TPSA) is 96.1 Å². The Kier molecular flexibility index (Phi) is 3.94. The van der Waals surface area contributed by atoms with Crippen molar-refractivity contribution in [2.75, 3.05) is 6.26 Å². The van der Waals surface area contributed by atoms with E-state index < -0.39 is 21.0 Å².